The van der Waals surface area contributed by atoms with Gasteiger partial charge in [0, 0.05) is 30.2 Å². The minimum absolute atomic E-state index is 0.102. The molecule has 4 atom stereocenters. The van der Waals surface area contributed by atoms with Crippen LogP contribution >= 0.6 is 7.60 Å². The van der Waals surface area contributed by atoms with Gasteiger partial charge in [0.15, 0.2) is 0 Å². The number of ether oxygens (including phenoxy) is 2. The quantitative estimate of drug-likeness (QED) is 0.0334. The van der Waals surface area contributed by atoms with E-state index in [1.807, 2.05) is 0 Å². The van der Waals surface area contributed by atoms with Gasteiger partial charge in [0.05, 0.1) is 25.4 Å². The highest BCUT2D eigenvalue weighted by Crippen LogP contribution is 2.50. The van der Waals surface area contributed by atoms with E-state index in [9.17, 15) is 18.9 Å². The Labute approximate surface area is 273 Å². The van der Waals surface area contributed by atoms with Gasteiger partial charge in [-0.05, 0) is 18.9 Å². The molecule has 13 nitrogen and oxygen atoms in total. The highest BCUT2D eigenvalue weighted by atomic mass is 31.2. The fourth-order valence-corrected chi connectivity index (χ4v) is 6.57. The number of carbonyl (C=O) groups is 1. The maximum Gasteiger partial charge on any atom is 0.438 e. The lowest BCUT2D eigenvalue weighted by Crippen LogP contribution is -2.33. The average Bonchev–Trinajstić information content (AvgIpc) is 3.45. The van der Waals surface area contributed by atoms with Crippen molar-refractivity contribution in [2.75, 3.05) is 20.3 Å². The molecule has 1 aromatic heterocycles. The van der Waals surface area contributed by atoms with E-state index in [1.165, 1.54) is 108 Å². The lowest BCUT2D eigenvalue weighted by atomic mass is 10.0. The van der Waals surface area contributed by atoms with Crippen molar-refractivity contribution >= 4 is 13.3 Å². The van der Waals surface area contributed by atoms with Crippen LogP contribution in [0.25, 0.3) is 10.4 Å². The van der Waals surface area contributed by atoms with Crippen molar-refractivity contribution in [3.8, 4) is 0 Å². The van der Waals surface area contributed by atoms with Crippen LogP contribution in [-0.4, -0.2) is 47.7 Å². The molecular weight excluding hydrogens is 613 g/mol. The Morgan fingerprint density at radius 2 is 1.50 bits per heavy atom. The largest absolute Gasteiger partial charge is 0.457 e. The smallest absolute Gasteiger partial charge is 0.438 e. The first kappa shape index (κ1) is 39.7. The normalized spacial score (nSPS) is 19.1. The van der Waals surface area contributed by atoms with Crippen LogP contribution in [0.3, 0.4) is 0 Å². The van der Waals surface area contributed by atoms with E-state index in [1.54, 1.807) is 0 Å². The van der Waals surface area contributed by atoms with Crippen LogP contribution in [0.4, 0.5) is 4.79 Å². The molecule has 1 unspecified atom stereocenters. The topological polar surface area (TPSA) is 175 Å². The third-order valence-corrected chi connectivity index (χ3v) is 10.0. The summed E-state index contributed by atoms with van der Waals surface area (Å²) in [5.74, 6) is 0. The lowest BCUT2D eigenvalue weighted by molar-refractivity contribution is -0.0244. The molecule has 1 aromatic rings. The number of carbonyl (C=O) groups excluding carboxylic acids is 1. The van der Waals surface area contributed by atoms with Gasteiger partial charge in [-0.3, -0.25) is 18.9 Å². The maximum atomic E-state index is 13.0. The van der Waals surface area contributed by atoms with Crippen molar-refractivity contribution in [3.05, 3.63) is 43.0 Å². The molecule has 14 heteroatoms. The number of azide groups is 1. The first-order valence-corrected chi connectivity index (χ1v) is 18.8. The lowest BCUT2D eigenvalue weighted by Gasteiger charge is -2.20. The number of hydrogen-bond donors (Lipinski definition) is 1. The van der Waals surface area contributed by atoms with E-state index in [0.717, 1.165) is 26.4 Å². The van der Waals surface area contributed by atoms with Crippen LogP contribution in [0.5, 0.6) is 0 Å². The molecule has 2 rings (SSSR count). The summed E-state index contributed by atoms with van der Waals surface area (Å²) in [5, 5.41) is 3.69. The van der Waals surface area contributed by atoms with E-state index in [0.29, 0.717) is 12.0 Å². The predicted molar refractivity (Wildman–Crippen MR) is 178 cm³/mol. The Kier molecular flexibility index (Phi) is 19.9. The molecule has 1 saturated heterocycles. The van der Waals surface area contributed by atoms with Gasteiger partial charge < -0.3 is 14.0 Å². The molecule has 0 spiro atoms. The van der Waals surface area contributed by atoms with Crippen molar-refractivity contribution in [1.82, 2.24) is 9.55 Å². The van der Waals surface area contributed by atoms with Gasteiger partial charge in [-0.2, -0.15) is 0 Å². The van der Waals surface area contributed by atoms with Crippen LogP contribution in [0.1, 0.15) is 141 Å². The number of aromatic nitrogens is 2. The molecule has 0 bridgehead atoms. The van der Waals surface area contributed by atoms with E-state index in [-0.39, 0.29) is 13.0 Å². The molecule has 2 heterocycles. The van der Waals surface area contributed by atoms with Crippen LogP contribution in [-0.2, 0) is 23.1 Å². The van der Waals surface area contributed by atoms with Gasteiger partial charge >= 0.3 is 19.0 Å². The highest BCUT2D eigenvalue weighted by Gasteiger charge is 2.41. The fourth-order valence-electron chi connectivity index (χ4n) is 5.62. The zero-order valence-corrected chi connectivity index (χ0v) is 29.1. The molecule has 46 heavy (non-hydrogen) atoms. The standard InChI is InChI=1S/C32H56N5O8P/c1-4-5-6-7-8-9-10-11-12-13-14-15-16-17-18-19-20-21-22-43-32(40)46(41,42-3)44-25-28-27(35-36-33)23-29(45-28)37-24-26(2)30(38)34-31(37)39/h24,27-29H,4-23,25H2,1-3H3,(H,34,38,39)/t27-,28+,29+,46?/m0/s1. The molecule has 0 aromatic carbocycles. The summed E-state index contributed by atoms with van der Waals surface area (Å²) >= 11 is 0. The minimum Gasteiger partial charge on any atom is -0.457 e. The van der Waals surface area contributed by atoms with Crippen LogP contribution in [0.15, 0.2) is 20.9 Å². The Bertz CT molecular complexity index is 1230. The van der Waals surface area contributed by atoms with Crippen molar-refractivity contribution in [1.29, 1.82) is 0 Å². The summed E-state index contributed by atoms with van der Waals surface area (Å²) in [6, 6.07) is -0.782. The second-order valence-corrected chi connectivity index (χ2v) is 14.2. The molecule has 1 fully saturated rings. The summed E-state index contributed by atoms with van der Waals surface area (Å²) in [6.07, 6.45) is 22.2. The van der Waals surface area contributed by atoms with Gasteiger partial charge in [0.25, 0.3) is 5.56 Å². The van der Waals surface area contributed by atoms with Gasteiger partial charge in [0.1, 0.15) is 6.23 Å². The van der Waals surface area contributed by atoms with E-state index in [2.05, 4.69) is 21.9 Å². The number of H-pyrrole nitrogens is 1. The molecule has 1 aliphatic rings. The number of aryl methyl sites for hydroxylation is 1. The molecule has 1 N–H and O–H groups in total. The fraction of sp³-hybridized carbons (Fsp3) is 0.844. The molecule has 0 aliphatic carbocycles. The number of nitrogens with one attached hydrogen (secondary N) is 1. The molecule has 0 saturated carbocycles. The number of nitrogens with zero attached hydrogens (tertiary/aromatic N) is 4. The number of hydrogen-bond acceptors (Lipinski definition) is 9. The van der Waals surface area contributed by atoms with E-state index < -0.39 is 49.5 Å². The minimum atomic E-state index is -4.29. The molecule has 0 radical (unpaired) electrons. The molecule has 1 aliphatic heterocycles. The van der Waals surface area contributed by atoms with Crippen molar-refractivity contribution in [2.45, 2.75) is 154 Å². The highest BCUT2D eigenvalue weighted by molar-refractivity contribution is 7.71. The number of rotatable bonds is 26. The van der Waals surface area contributed by atoms with Crippen molar-refractivity contribution < 1.29 is 27.9 Å². The Balaban J connectivity index is 1.58. The number of aromatic amines is 1. The van der Waals surface area contributed by atoms with Crippen molar-refractivity contribution in [3.63, 3.8) is 0 Å². The maximum absolute atomic E-state index is 13.0. The predicted octanol–water partition coefficient (Wildman–Crippen LogP) is 8.85. The second kappa shape index (κ2) is 23.0. The monoisotopic (exact) mass is 669 g/mol. The summed E-state index contributed by atoms with van der Waals surface area (Å²) < 4.78 is 35.5. The van der Waals surface area contributed by atoms with Gasteiger partial charge in [0.2, 0.25) is 0 Å². The van der Waals surface area contributed by atoms with E-state index in [4.69, 9.17) is 24.1 Å². The van der Waals surface area contributed by atoms with Gasteiger partial charge in [-0.25, -0.2) is 14.2 Å². The third-order valence-electron chi connectivity index (χ3n) is 8.46. The van der Waals surface area contributed by atoms with Crippen LogP contribution < -0.4 is 11.2 Å². The third kappa shape index (κ3) is 14.6. The van der Waals surface area contributed by atoms with Crippen LogP contribution in [0.2, 0.25) is 0 Å². The summed E-state index contributed by atoms with van der Waals surface area (Å²) in [6.45, 7) is 3.50. The molecule has 262 valence electrons. The van der Waals surface area contributed by atoms with Gasteiger partial charge in [-0.1, -0.05) is 121 Å². The Morgan fingerprint density at radius 3 is 2.00 bits per heavy atom. The Hall–Kier alpha value is -2.43. The summed E-state index contributed by atoms with van der Waals surface area (Å²) in [5.41, 5.74) is 6.97. The SMILES string of the molecule is CCCCCCCCCCCCCCCCCCCCOC(=O)P(=O)(OC)OC[C@H]1O[C@@H](n2cc(C)c(=O)[nH]c2=O)C[C@@H]1N=[N+]=[N-]. The number of unbranched alkanes of at least 4 members (excludes halogenated alkanes) is 17. The molecular formula is C32H56N5O8P. The first-order chi connectivity index (χ1) is 22.3. The Morgan fingerprint density at radius 1 is 0.978 bits per heavy atom. The zero-order valence-electron chi connectivity index (χ0n) is 28.2. The molecule has 0 amide bonds. The summed E-state index contributed by atoms with van der Waals surface area (Å²) in [7, 11) is -3.20. The van der Waals surface area contributed by atoms with Gasteiger partial charge in [-0.15, -0.1) is 0 Å². The zero-order chi connectivity index (χ0) is 33.6. The average molecular weight is 670 g/mol. The van der Waals surface area contributed by atoms with Crippen LogP contribution in [0, 0.1) is 6.92 Å². The summed E-state index contributed by atoms with van der Waals surface area (Å²) in [4.78, 5) is 41.5. The second-order valence-electron chi connectivity index (χ2n) is 12.2. The van der Waals surface area contributed by atoms with Crippen molar-refractivity contribution in [2.24, 2.45) is 5.11 Å². The van der Waals surface area contributed by atoms with E-state index >= 15 is 0 Å². The first-order valence-electron chi connectivity index (χ1n) is 17.2.